The van der Waals surface area contributed by atoms with Crippen molar-refractivity contribution in [1.29, 1.82) is 0 Å². The fraction of sp³-hybridized carbons (Fsp3) is 0.522. The van der Waals surface area contributed by atoms with Gasteiger partial charge in [-0.1, -0.05) is 0 Å². The highest BCUT2D eigenvalue weighted by molar-refractivity contribution is 5.96. The van der Waals surface area contributed by atoms with Crippen molar-refractivity contribution in [2.75, 3.05) is 60.4 Å². The number of carbonyl (C=O) groups excluding carboxylic acids is 1. The Morgan fingerprint density at radius 3 is 2.76 bits per heavy atom. The lowest BCUT2D eigenvalue weighted by Gasteiger charge is -2.29. The largest absolute Gasteiger partial charge is 0.380 e. The Kier molecular flexibility index (Phi) is 6.49. The molecule has 0 spiro atoms. The minimum atomic E-state index is -0.562. The molecular formula is C23H29N11O3. The third-order valence-electron chi connectivity index (χ3n) is 6.72. The summed E-state index contributed by atoms with van der Waals surface area (Å²) in [7, 11) is 1.64. The van der Waals surface area contributed by atoms with E-state index in [1.54, 1.807) is 13.3 Å². The van der Waals surface area contributed by atoms with Crippen molar-refractivity contribution in [2.24, 2.45) is 0 Å². The number of anilines is 5. The van der Waals surface area contributed by atoms with Crippen LogP contribution in [0.15, 0.2) is 24.7 Å². The second-order valence-corrected chi connectivity index (χ2v) is 9.31. The van der Waals surface area contributed by atoms with Crippen LogP contribution in [0.2, 0.25) is 0 Å². The normalized spacial score (nSPS) is 21.8. The SMILES string of the molecule is CO[C@H]1C[C@@H](C(=O)Nc2cnccn2)N(c2nc(Nc3cc(C4CC4)n[nH]3)nc(N3CCOCC3)n2)C1. The molecule has 0 aromatic carbocycles. The number of aromatic nitrogens is 7. The first kappa shape index (κ1) is 23.5. The number of rotatable bonds is 8. The Labute approximate surface area is 213 Å². The van der Waals surface area contributed by atoms with Gasteiger partial charge >= 0.3 is 0 Å². The number of methoxy groups -OCH3 is 1. The average molecular weight is 508 g/mol. The van der Waals surface area contributed by atoms with Gasteiger partial charge in [-0.15, -0.1) is 0 Å². The van der Waals surface area contributed by atoms with Crippen LogP contribution in [-0.4, -0.2) is 93.1 Å². The Bertz CT molecular complexity index is 1230. The molecule has 194 valence electrons. The zero-order valence-electron chi connectivity index (χ0n) is 20.5. The predicted molar refractivity (Wildman–Crippen MR) is 134 cm³/mol. The molecule has 0 bridgehead atoms. The summed E-state index contributed by atoms with van der Waals surface area (Å²) in [5.41, 5.74) is 1.04. The smallest absolute Gasteiger partial charge is 0.248 e. The fourth-order valence-corrected chi connectivity index (χ4v) is 4.56. The first-order valence-corrected chi connectivity index (χ1v) is 12.4. The van der Waals surface area contributed by atoms with Crippen LogP contribution in [0, 0.1) is 0 Å². The molecule has 3 aromatic rings. The van der Waals surface area contributed by atoms with Gasteiger partial charge in [0, 0.05) is 57.5 Å². The molecule has 2 saturated heterocycles. The van der Waals surface area contributed by atoms with Crippen LogP contribution in [0.5, 0.6) is 0 Å². The van der Waals surface area contributed by atoms with Crippen molar-refractivity contribution < 1.29 is 14.3 Å². The van der Waals surface area contributed by atoms with Crippen molar-refractivity contribution in [3.05, 3.63) is 30.4 Å². The molecule has 3 fully saturated rings. The van der Waals surface area contributed by atoms with E-state index >= 15 is 0 Å². The maximum Gasteiger partial charge on any atom is 0.248 e. The Hall–Kier alpha value is -3.91. The first-order chi connectivity index (χ1) is 18.2. The fourth-order valence-electron chi connectivity index (χ4n) is 4.56. The van der Waals surface area contributed by atoms with Gasteiger partial charge in [0.2, 0.25) is 23.8 Å². The van der Waals surface area contributed by atoms with Crippen LogP contribution in [0.1, 0.15) is 30.9 Å². The molecule has 3 aromatic heterocycles. The topological polar surface area (TPSA) is 159 Å². The Balaban J connectivity index is 1.30. The molecule has 1 aliphatic carbocycles. The van der Waals surface area contributed by atoms with Crippen LogP contribution in [0.4, 0.5) is 29.5 Å². The van der Waals surface area contributed by atoms with E-state index in [4.69, 9.17) is 19.4 Å². The standard InChI is InChI=1S/C23H29N11O3/c1-36-15-10-17(20(35)26-19-12-24-4-5-25-19)34(13-15)23-29-21(27-18-11-16(31-32-18)14-2-3-14)28-22(30-23)33-6-8-37-9-7-33/h4-5,11-12,14-15,17H,2-3,6-10,13H2,1H3,(H,25,26,35)(H2,27,28,29,30,31,32)/t15-,17-/m0/s1. The number of morpholine rings is 1. The molecule has 1 amide bonds. The van der Waals surface area contributed by atoms with Crippen molar-refractivity contribution in [2.45, 2.75) is 37.3 Å². The van der Waals surface area contributed by atoms with Gasteiger partial charge in [-0.25, -0.2) is 4.98 Å². The number of amides is 1. The lowest BCUT2D eigenvalue weighted by Crippen LogP contribution is -2.42. The van der Waals surface area contributed by atoms with E-state index in [2.05, 4.69) is 40.7 Å². The monoisotopic (exact) mass is 507 g/mol. The van der Waals surface area contributed by atoms with Gasteiger partial charge in [0.15, 0.2) is 5.82 Å². The van der Waals surface area contributed by atoms with Gasteiger partial charge in [0.1, 0.15) is 11.9 Å². The molecule has 5 heterocycles. The molecule has 6 rings (SSSR count). The number of ether oxygens (including phenoxy) is 2. The van der Waals surface area contributed by atoms with Gasteiger partial charge in [0.05, 0.1) is 31.2 Å². The van der Waals surface area contributed by atoms with Crippen LogP contribution in [-0.2, 0) is 14.3 Å². The zero-order valence-corrected chi connectivity index (χ0v) is 20.5. The highest BCUT2D eigenvalue weighted by Gasteiger charge is 2.39. The van der Waals surface area contributed by atoms with Crippen molar-refractivity contribution in [3.63, 3.8) is 0 Å². The Morgan fingerprint density at radius 1 is 1.16 bits per heavy atom. The van der Waals surface area contributed by atoms with Crippen molar-refractivity contribution in [1.82, 2.24) is 35.1 Å². The van der Waals surface area contributed by atoms with Crippen molar-refractivity contribution >= 4 is 35.4 Å². The lowest BCUT2D eigenvalue weighted by atomic mass is 10.2. The van der Waals surface area contributed by atoms with Crippen LogP contribution in [0.25, 0.3) is 0 Å². The number of H-pyrrole nitrogens is 1. The number of hydrogen-bond donors (Lipinski definition) is 3. The van der Waals surface area contributed by atoms with Gasteiger partial charge in [-0.2, -0.15) is 20.1 Å². The maximum atomic E-state index is 13.3. The highest BCUT2D eigenvalue weighted by atomic mass is 16.5. The third kappa shape index (κ3) is 5.29. The quantitative estimate of drug-likeness (QED) is 0.399. The summed E-state index contributed by atoms with van der Waals surface area (Å²) in [6.07, 6.45) is 7.23. The Morgan fingerprint density at radius 2 is 2.00 bits per heavy atom. The molecule has 3 aliphatic rings. The van der Waals surface area contributed by atoms with Crippen molar-refractivity contribution in [3.8, 4) is 0 Å². The number of aromatic amines is 1. The molecule has 0 radical (unpaired) electrons. The minimum absolute atomic E-state index is 0.161. The third-order valence-corrected chi connectivity index (χ3v) is 6.72. The molecule has 1 saturated carbocycles. The zero-order chi connectivity index (χ0) is 25.2. The van der Waals surface area contributed by atoms with Gasteiger partial charge in [-0.05, 0) is 12.8 Å². The van der Waals surface area contributed by atoms with E-state index in [1.807, 2.05) is 11.0 Å². The predicted octanol–water partition coefficient (Wildman–Crippen LogP) is 1.07. The number of hydrogen-bond acceptors (Lipinski definition) is 12. The summed E-state index contributed by atoms with van der Waals surface area (Å²) < 4.78 is 11.1. The summed E-state index contributed by atoms with van der Waals surface area (Å²) in [6.45, 7) is 2.96. The average Bonchev–Trinajstić information content (AvgIpc) is 3.52. The van der Waals surface area contributed by atoms with Gasteiger partial charge in [-0.3, -0.25) is 14.9 Å². The number of carbonyl (C=O) groups is 1. The van der Waals surface area contributed by atoms with E-state index in [-0.39, 0.29) is 12.0 Å². The van der Waals surface area contributed by atoms with Gasteiger partial charge in [0.25, 0.3) is 0 Å². The number of nitrogens with zero attached hydrogens (tertiary/aromatic N) is 8. The lowest BCUT2D eigenvalue weighted by molar-refractivity contribution is -0.117. The summed E-state index contributed by atoms with van der Waals surface area (Å²) in [5.74, 6) is 2.66. The summed E-state index contributed by atoms with van der Waals surface area (Å²) in [4.78, 5) is 39.6. The molecule has 2 atom stereocenters. The molecule has 14 heteroatoms. The first-order valence-electron chi connectivity index (χ1n) is 12.4. The van der Waals surface area contributed by atoms with Gasteiger partial charge < -0.3 is 29.9 Å². The summed E-state index contributed by atoms with van der Waals surface area (Å²) in [6, 6.07) is 1.43. The molecule has 37 heavy (non-hydrogen) atoms. The van der Waals surface area contributed by atoms with E-state index in [1.165, 1.54) is 12.4 Å². The van der Waals surface area contributed by atoms with Crippen LogP contribution < -0.4 is 20.4 Å². The molecular weight excluding hydrogens is 478 g/mol. The second kappa shape index (κ2) is 10.2. The summed E-state index contributed by atoms with van der Waals surface area (Å²) >= 11 is 0. The molecule has 14 nitrogen and oxygen atoms in total. The minimum Gasteiger partial charge on any atom is -0.380 e. The highest BCUT2D eigenvalue weighted by Crippen LogP contribution is 2.39. The summed E-state index contributed by atoms with van der Waals surface area (Å²) in [5, 5.41) is 13.5. The maximum absolute atomic E-state index is 13.3. The van der Waals surface area contributed by atoms with E-state index in [0.29, 0.717) is 74.7 Å². The van der Waals surface area contributed by atoms with E-state index < -0.39 is 6.04 Å². The van der Waals surface area contributed by atoms with Crippen LogP contribution >= 0.6 is 0 Å². The molecule has 3 N–H and O–H groups in total. The molecule has 2 aliphatic heterocycles. The second-order valence-electron chi connectivity index (χ2n) is 9.31. The number of nitrogens with one attached hydrogen (secondary N) is 3. The van der Waals surface area contributed by atoms with E-state index in [9.17, 15) is 4.79 Å². The van der Waals surface area contributed by atoms with E-state index in [0.717, 1.165) is 18.5 Å². The molecule has 0 unspecified atom stereocenters. The van der Waals surface area contributed by atoms with Crippen LogP contribution in [0.3, 0.4) is 0 Å².